The van der Waals surface area contributed by atoms with Crippen LogP contribution in [-0.2, 0) is 24.0 Å². The lowest BCUT2D eigenvalue weighted by Crippen LogP contribution is -2.58. The number of carbonyl (C=O) groups excluding carboxylic acids is 5. The fourth-order valence-electron chi connectivity index (χ4n) is 3.74. The number of rotatable bonds is 9. The lowest BCUT2D eigenvalue weighted by atomic mass is 9.99. The van der Waals surface area contributed by atoms with E-state index in [-0.39, 0.29) is 23.0 Å². The van der Waals surface area contributed by atoms with E-state index in [0.29, 0.717) is 24.9 Å². The highest BCUT2D eigenvalue weighted by atomic mass is 35.5. The van der Waals surface area contributed by atoms with Gasteiger partial charge >= 0.3 is 5.97 Å². The molecule has 1 aromatic rings. The number of carboxylic acids is 1. The second-order valence-corrected chi connectivity index (χ2v) is 8.79. The molecule has 12 heteroatoms. The number of ketones is 1. The molecule has 0 bridgehead atoms. The zero-order chi connectivity index (χ0) is 26.3. The molecular formula is C23H29ClN4O7. The van der Waals surface area contributed by atoms with Crippen LogP contribution in [0.15, 0.2) is 18.2 Å². The predicted octanol–water partition coefficient (Wildman–Crippen LogP) is 1.35. The minimum absolute atomic E-state index is 0.154. The first kappa shape index (κ1) is 27.8. The minimum Gasteiger partial charge on any atom is -0.481 e. The highest BCUT2D eigenvalue weighted by molar-refractivity contribution is 6.34. The normalized spacial score (nSPS) is 17.0. The molecule has 1 heterocycles. The van der Waals surface area contributed by atoms with E-state index >= 15 is 0 Å². The van der Waals surface area contributed by atoms with E-state index in [2.05, 4.69) is 16.0 Å². The van der Waals surface area contributed by atoms with Crippen LogP contribution in [0.1, 0.15) is 56.8 Å². The molecule has 0 saturated carbocycles. The van der Waals surface area contributed by atoms with Gasteiger partial charge in [0.15, 0.2) is 5.78 Å². The number of halogens is 1. The van der Waals surface area contributed by atoms with Gasteiger partial charge in [-0.25, -0.2) is 0 Å². The molecule has 2 rings (SSSR count). The van der Waals surface area contributed by atoms with E-state index in [4.69, 9.17) is 16.7 Å². The Bertz CT molecular complexity index is 1030. The molecule has 11 nitrogen and oxygen atoms in total. The Labute approximate surface area is 207 Å². The third kappa shape index (κ3) is 7.78. The van der Waals surface area contributed by atoms with Crippen LogP contribution in [0.2, 0.25) is 5.02 Å². The van der Waals surface area contributed by atoms with Gasteiger partial charge in [0.25, 0.3) is 5.91 Å². The van der Waals surface area contributed by atoms with Crippen LogP contribution in [-0.4, -0.2) is 70.1 Å². The summed E-state index contributed by atoms with van der Waals surface area (Å²) < 4.78 is 0. The van der Waals surface area contributed by atoms with Crippen molar-refractivity contribution in [3.63, 3.8) is 0 Å². The van der Waals surface area contributed by atoms with Crippen LogP contribution < -0.4 is 16.0 Å². The number of piperidine rings is 1. The number of nitrogens with zero attached hydrogens (tertiary/aromatic N) is 1. The van der Waals surface area contributed by atoms with Gasteiger partial charge < -0.3 is 26.0 Å². The number of carboxylic acid groups (broad SMARTS) is 1. The van der Waals surface area contributed by atoms with E-state index < -0.39 is 54.0 Å². The summed E-state index contributed by atoms with van der Waals surface area (Å²) >= 11 is 6.11. The number of Topliss-reactive ketones (excluding diaryl/α,β-unsaturated/α-hetero) is 1. The summed E-state index contributed by atoms with van der Waals surface area (Å²) in [5.74, 6) is -3.73. The van der Waals surface area contributed by atoms with Crippen LogP contribution in [0, 0.1) is 0 Å². The maximum atomic E-state index is 13.1. The molecule has 1 aromatic carbocycles. The summed E-state index contributed by atoms with van der Waals surface area (Å²) in [6, 6.07) is 1.22. The molecule has 3 atom stereocenters. The van der Waals surface area contributed by atoms with Crippen molar-refractivity contribution in [3.05, 3.63) is 28.8 Å². The van der Waals surface area contributed by atoms with E-state index in [1.54, 1.807) is 0 Å². The maximum absolute atomic E-state index is 13.1. The molecule has 1 aliphatic heterocycles. The van der Waals surface area contributed by atoms with E-state index in [9.17, 15) is 28.8 Å². The second kappa shape index (κ2) is 12.3. The molecule has 1 aliphatic rings. The van der Waals surface area contributed by atoms with E-state index in [1.807, 2.05) is 0 Å². The first-order valence-corrected chi connectivity index (χ1v) is 11.5. The number of nitrogens with one attached hydrogen (secondary N) is 3. The molecule has 1 fully saturated rings. The van der Waals surface area contributed by atoms with Crippen molar-refractivity contribution in [1.82, 2.24) is 15.5 Å². The highest BCUT2D eigenvalue weighted by Crippen LogP contribution is 2.23. The van der Waals surface area contributed by atoms with Crippen molar-refractivity contribution in [1.29, 1.82) is 0 Å². The topological polar surface area (TPSA) is 162 Å². The fourth-order valence-corrected chi connectivity index (χ4v) is 3.97. The Hall–Kier alpha value is -3.47. The Kier molecular flexibility index (Phi) is 9.76. The van der Waals surface area contributed by atoms with Gasteiger partial charge in [0.05, 0.1) is 23.2 Å². The number of carbonyl (C=O) groups is 6. The van der Waals surface area contributed by atoms with Gasteiger partial charge in [0.1, 0.15) is 12.1 Å². The summed E-state index contributed by atoms with van der Waals surface area (Å²) in [4.78, 5) is 73.9. The van der Waals surface area contributed by atoms with Crippen molar-refractivity contribution >= 4 is 52.7 Å². The third-order valence-corrected chi connectivity index (χ3v) is 5.85. The number of hydrogen-bond donors (Lipinski definition) is 4. The number of anilines is 1. The fraction of sp³-hybridized carbons (Fsp3) is 0.478. The van der Waals surface area contributed by atoms with Gasteiger partial charge in [-0.3, -0.25) is 28.8 Å². The first-order chi connectivity index (χ1) is 16.4. The average molecular weight is 509 g/mol. The second-order valence-electron chi connectivity index (χ2n) is 8.38. The average Bonchev–Trinajstić information content (AvgIpc) is 2.78. The molecule has 1 saturated heterocycles. The monoisotopic (exact) mass is 508 g/mol. The summed E-state index contributed by atoms with van der Waals surface area (Å²) in [6.07, 6.45) is 1.11. The molecule has 4 amide bonds. The van der Waals surface area contributed by atoms with Gasteiger partial charge in [-0.2, -0.15) is 0 Å². The van der Waals surface area contributed by atoms with Gasteiger partial charge in [0, 0.05) is 19.0 Å². The predicted molar refractivity (Wildman–Crippen MR) is 127 cm³/mol. The standard InChI is InChI=1S/C23H29ClN4O7/c1-12(25-21(33)15-7-8-17(16(24)10-15)26-14(3)30)23(35)28-9-5-4-6-19(28)22(34)27-18(13(2)29)11-20(31)32/h7-8,10,12,18-19H,4-6,9,11H2,1-3H3,(H,25,33)(H,26,30)(H,27,34)(H,31,32)/t12-,18-,19-/m0/s1. The quantitative estimate of drug-likeness (QED) is 0.391. The van der Waals surface area contributed by atoms with E-state index in [1.165, 1.54) is 43.9 Å². The largest absolute Gasteiger partial charge is 0.481 e. The zero-order valence-electron chi connectivity index (χ0n) is 19.7. The Morgan fingerprint density at radius 3 is 2.37 bits per heavy atom. The van der Waals surface area contributed by atoms with Crippen LogP contribution in [0.3, 0.4) is 0 Å². The van der Waals surface area contributed by atoms with Crippen LogP contribution in [0.5, 0.6) is 0 Å². The minimum atomic E-state index is -1.23. The molecule has 190 valence electrons. The summed E-state index contributed by atoms with van der Waals surface area (Å²) in [7, 11) is 0. The summed E-state index contributed by atoms with van der Waals surface area (Å²) in [6.45, 7) is 4.27. The number of aliphatic carboxylic acids is 1. The van der Waals surface area contributed by atoms with Gasteiger partial charge in [-0.15, -0.1) is 0 Å². The maximum Gasteiger partial charge on any atom is 0.305 e. The molecule has 0 aromatic heterocycles. The van der Waals surface area contributed by atoms with Gasteiger partial charge in [0.2, 0.25) is 17.7 Å². The molecule has 0 spiro atoms. The van der Waals surface area contributed by atoms with Crippen LogP contribution in [0.4, 0.5) is 5.69 Å². The SMILES string of the molecule is CC(=O)Nc1ccc(C(=O)N[C@@H](C)C(=O)N2CCCC[C@H]2C(=O)N[C@@H](CC(=O)O)C(C)=O)cc1Cl. The third-order valence-electron chi connectivity index (χ3n) is 5.53. The van der Waals surface area contributed by atoms with Crippen molar-refractivity contribution in [3.8, 4) is 0 Å². The lowest BCUT2D eigenvalue weighted by molar-refractivity contribution is -0.145. The van der Waals surface area contributed by atoms with Gasteiger partial charge in [-0.1, -0.05) is 11.6 Å². The molecular weight excluding hydrogens is 480 g/mol. The van der Waals surface area contributed by atoms with Crippen molar-refractivity contribution in [2.75, 3.05) is 11.9 Å². The van der Waals surface area contributed by atoms with Crippen LogP contribution in [0.25, 0.3) is 0 Å². The van der Waals surface area contributed by atoms with Crippen molar-refractivity contribution in [2.45, 2.75) is 64.6 Å². The van der Waals surface area contributed by atoms with Gasteiger partial charge in [-0.05, 0) is 51.3 Å². The molecule has 0 unspecified atom stereocenters. The van der Waals surface area contributed by atoms with E-state index in [0.717, 1.165) is 0 Å². The number of likely N-dealkylation sites (tertiary alicyclic amines) is 1. The summed E-state index contributed by atoms with van der Waals surface area (Å²) in [5.41, 5.74) is 0.517. The lowest BCUT2D eigenvalue weighted by Gasteiger charge is -2.37. The van der Waals surface area contributed by atoms with Crippen molar-refractivity contribution in [2.24, 2.45) is 0 Å². The highest BCUT2D eigenvalue weighted by Gasteiger charge is 2.36. The number of benzene rings is 1. The molecule has 0 radical (unpaired) electrons. The van der Waals surface area contributed by atoms with Crippen molar-refractivity contribution < 1.29 is 33.9 Å². The Morgan fingerprint density at radius 2 is 1.80 bits per heavy atom. The Morgan fingerprint density at radius 1 is 1.11 bits per heavy atom. The molecule has 0 aliphatic carbocycles. The molecule has 35 heavy (non-hydrogen) atoms. The number of hydrogen-bond acceptors (Lipinski definition) is 6. The number of amides is 4. The smallest absolute Gasteiger partial charge is 0.305 e. The zero-order valence-corrected chi connectivity index (χ0v) is 20.5. The van der Waals surface area contributed by atoms with Crippen LogP contribution >= 0.6 is 11.6 Å². The molecule has 4 N–H and O–H groups in total. The Balaban J connectivity index is 2.09. The summed E-state index contributed by atoms with van der Waals surface area (Å²) in [5, 5.41) is 16.7. The first-order valence-electron chi connectivity index (χ1n) is 11.1.